The first-order chi connectivity index (χ1) is 8.49. The minimum absolute atomic E-state index is 0.0721. The van der Waals surface area contributed by atoms with Crippen molar-refractivity contribution >= 4 is 23.1 Å². The molecule has 0 aromatic heterocycles. The predicted molar refractivity (Wildman–Crippen MR) is 77.3 cm³/mol. The van der Waals surface area contributed by atoms with E-state index in [9.17, 15) is 4.79 Å². The molecule has 0 aromatic rings. The average Bonchev–Trinajstić information content (AvgIpc) is 2.34. The summed E-state index contributed by atoms with van der Waals surface area (Å²) in [5, 5.41) is 3.11. The summed E-state index contributed by atoms with van der Waals surface area (Å²) in [6.07, 6.45) is 8.67. The molecule has 2 fully saturated rings. The molecule has 2 rings (SSSR count). The number of carbonyl (C=O) groups excluding carboxylic acids is 1. The Morgan fingerprint density at radius 3 is 2.22 bits per heavy atom. The van der Waals surface area contributed by atoms with Crippen LogP contribution in [0.3, 0.4) is 0 Å². The van der Waals surface area contributed by atoms with Crippen LogP contribution in [0.25, 0.3) is 0 Å². The van der Waals surface area contributed by atoms with Crippen LogP contribution in [0.2, 0.25) is 0 Å². The Balaban J connectivity index is 1.97. The number of amides is 1. The highest BCUT2D eigenvalue weighted by Gasteiger charge is 2.43. The van der Waals surface area contributed by atoms with E-state index in [1.54, 1.807) is 0 Å². The second kappa shape index (κ2) is 5.16. The second-order valence-electron chi connectivity index (χ2n) is 6.35. The smallest absolute Gasteiger partial charge is 0.233 e. The van der Waals surface area contributed by atoms with Gasteiger partial charge in [0.25, 0.3) is 0 Å². The zero-order valence-corrected chi connectivity index (χ0v) is 12.1. The van der Waals surface area contributed by atoms with Crippen LogP contribution in [0.5, 0.6) is 0 Å². The molecule has 0 unspecified atom stereocenters. The maximum atomic E-state index is 12.5. The minimum Gasteiger partial charge on any atom is -0.392 e. The molecule has 3 nitrogen and oxygen atoms in total. The van der Waals surface area contributed by atoms with Crippen molar-refractivity contribution in [1.29, 1.82) is 0 Å². The van der Waals surface area contributed by atoms with Crippen molar-refractivity contribution in [3.63, 3.8) is 0 Å². The van der Waals surface area contributed by atoms with E-state index >= 15 is 0 Å². The zero-order valence-electron chi connectivity index (χ0n) is 11.3. The van der Waals surface area contributed by atoms with Gasteiger partial charge in [-0.25, -0.2) is 0 Å². The molecule has 0 spiro atoms. The molecule has 0 atom stereocenters. The molecule has 0 radical (unpaired) electrons. The van der Waals surface area contributed by atoms with Gasteiger partial charge in [-0.2, -0.15) is 0 Å². The van der Waals surface area contributed by atoms with Crippen molar-refractivity contribution in [2.75, 3.05) is 6.54 Å². The van der Waals surface area contributed by atoms with Gasteiger partial charge in [-0.1, -0.05) is 44.8 Å². The Hall–Kier alpha value is -0.640. The van der Waals surface area contributed by atoms with E-state index in [-0.39, 0.29) is 5.91 Å². The lowest BCUT2D eigenvalue weighted by Gasteiger charge is -2.40. The summed E-state index contributed by atoms with van der Waals surface area (Å²) < 4.78 is 0. The molecule has 18 heavy (non-hydrogen) atoms. The van der Waals surface area contributed by atoms with Crippen LogP contribution >= 0.6 is 12.2 Å². The molecule has 0 aromatic carbocycles. The normalized spacial score (nSPS) is 24.9. The number of carbonyl (C=O) groups is 1. The highest BCUT2D eigenvalue weighted by molar-refractivity contribution is 7.80. The second-order valence-corrected chi connectivity index (χ2v) is 6.79. The Morgan fingerprint density at radius 2 is 1.78 bits per heavy atom. The van der Waals surface area contributed by atoms with Crippen LogP contribution in [0, 0.1) is 10.8 Å². The third-order valence-electron chi connectivity index (χ3n) is 4.85. The van der Waals surface area contributed by atoms with Crippen LogP contribution in [0.15, 0.2) is 0 Å². The number of nitrogens with one attached hydrogen (secondary N) is 1. The maximum Gasteiger partial charge on any atom is 0.233 e. The van der Waals surface area contributed by atoms with Gasteiger partial charge < -0.3 is 11.1 Å². The average molecular weight is 268 g/mol. The van der Waals surface area contributed by atoms with Crippen molar-refractivity contribution in [1.82, 2.24) is 5.32 Å². The van der Waals surface area contributed by atoms with Crippen molar-refractivity contribution in [3.05, 3.63) is 0 Å². The monoisotopic (exact) mass is 268 g/mol. The van der Waals surface area contributed by atoms with Crippen molar-refractivity contribution in [2.45, 2.75) is 58.3 Å². The molecule has 0 saturated heterocycles. The lowest BCUT2D eigenvalue weighted by Crippen LogP contribution is -2.52. The highest BCUT2D eigenvalue weighted by Crippen LogP contribution is 2.41. The van der Waals surface area contributed by atoms with Gasteiger partial charge in [0.15, 0.2) is 0 Å². The summed E-state index contributed by atoms with van der Waals surface area (Å²) in [5.74, 6) is 0.0721. The van der Waals surface area contributed by atoms with Crippen LogP contribution in [-0.2, 0) is 4.79 Å². The fraction of sp³-hybridized carbons (Fsp3) is 0.857. The Labute approximate surface area is 115 Å². The van der Waals surface area contributed by atoms with E-state index in [1.165, 1.54) is 25.7 Å². The van der Waals surface area contributed by atoms with Gasteiger partial charge in [-0.05, 0) is 31.1 Å². The Morgan fingerprint density at radius 1 is 1.17 bits per heavy atom. The van der Waals surface area contributed by atoms with Gasteiger partial charge >= 0.3 is 0 Å². The van der Waals surface area contributed by atoms with Gasteiger partial charge in [-0.3, -0.25) is 4.79 Å². The number of nitrogens with two attached hydrogens (primary N) is 1. The minimum atomic E-state index is -0.562. The lowest BCUT2D eigenvalue weighted by atomic mass is 9.69. The third kappa shape index (κ3) is 2.53. The van der Waals surface area contributed by atoms with Crippen LogP contribution in [0.1, 0.15) is 58.3 Å². The van der Waals surface area contributed by atoms with Crippen LogP contribution in [0.4, 0.5) is 0 Å². The summed E-state index contributed by atoms with van der Waals surface area (Å²) >= 11 is 5.17. The van der Waals surface area contributed by atoms with Crippen molar-refractivity contribution in [2.24, 2.45) is 16.6 Å². The van der Waals surface area contributed by atoms with Gasteiger partial charge in [0.05, 0.1) is 10.4 Å². The quantitative estimate of drug-likeness (QED) is 0.770. The number of hydrogen-bond acceptors (Lipinski definition) is 2. The highest BCUT2D eigenvalue weighted by atomic mass is 32.1. The molecule has 102 valence electrons. The molecular formula is C14H24N2OS. The molecule has 1 amide bonds. The zero-order chi connectivity index (χ0) is 13.2. The third-order valence-corrected chi connectivity index (χ3v) is 5.24. The van der Waals surface area contributed by atoms with Gasteiger partial charge in [0, 0.05) is 6.54 Å². The summed E-state index contributed by atoms with van der Waals surface area (Å²) in [6.45, 7) is 3.02. The topological polar surface area (TPSA) is 55.1 Å². The fourth-order valence-corrected chi connectivity index (χ4v) is 3.46. The molecule has 0 bridgehead atoms. The van der Waals surface area contributed by atoms with Crippen molar-refractivity contribution < 1.29 is 4.79 Å². The summed E-state index contributed by atoms with van der Waals surface area (Å²) in [5.41, 5.74) is 5.60. The Kier molecular flexibility index (Phi) is 3.95. The maximum absolute atomic E-state index is 12.5. The first-order valence-electron chi connectivity index (χ1n) is 7.07. The first-order valence-corrected chi connectivity index (χ1v) is 7.48. The number of rotatable bonds is 4. The SMILES string of the molecule is CC1(CNC(=O)C2(C(N)=S)CCCCC2)CCC1. The molecule has 2 aliphatic rings. The molecule has 0 aliphatic heterocycles. The van der Waals surface area contributed by atoms with Crippen LogP contribution < -0.4 is 11.1 Å². The largest absolute Gasteiger partial charge is 0.392 e. The van der Waals surface area contributed by atoms with Crippen molar-refractivity contribution in [3.8, 4) is 0 Å². The van der Waals surface area contributed by atoms with Gasteiger partial charge in [0.2, 0.25) is 5.91 Å². The predicted octanol–water partition coefficient (Wildman–Crippen LogP) is 2.53. The summed E-state index contributed by atoms with van der Waals surface area (Å²) in [6, 6.07) is 0. The van der Waals surface area contributed by atoms with E-state index in [0.29, 0.717) is 10.4 Å². The first kappa shape index (κ1) is 13.8. The molecular weight excluding hydrogens is 244 g/mol. The summed E-state index contributed by atoms with van der Waals surface area (Å²) in [4.78, 5) is 12.9. The molecule has 0 heterocycles. The van der Waals surface area contributed by atoms with E-state index in [2.05, 4.69) is 12.2 Å². The number of thiocarbonyl (C=S) groups is 1. The standard InChI is InChI=1S/C14H24N2OS/c1-13(6-5-7-13)10-16-12(17)14(11(15)18)8-3-2-4-9-14/h2-10H2,1H3,(H2,15,18)(H,16,17). The molecule has 2 aliphatic carbocycles. The number of hydrogen-bond donors (Lipinski definition) is 2. The molecule has 4 heteroatoms. The molecule has 3 N–H and O–H groups in total. The van der Waals surface area contributed by atoms with Gasteiger partial charge in [0.1, 0.15) is 0 Å². The van der Waals surface area contributed by atoms with E-state index in [0.717, 1.165) is 32.2 Å². The summed E-state index contributed by atoms with van der Waals surface area (Å²) in [7, 11) is 0. The van der Waals surface area contributed by atoms with E-state index in [1.807, 2.05) is 0 Å². The van der Waals surface area contributed by atoms with Gasteiger partial charge in [-0.15, -0.1) is 0 Å². The Bertz CT molecular complexity index is 344. The molecule has 2 saturated carbocycles. The fourth-order valence-electron chi connectivity index (χ4n) is 3.16. The van der Waals surface area contributed by atoms with E-state index < -0.39 is 5.41 Å². The van der Waals surface area contributed by atoms with Crippen LogP contribution in [-0.4, -0.2) is 17.4 Å². The lowest BCUT2D eigenvalue weighted by molar-refractivity contribution is -0.129. The van der Waals surface area contributed by atoms with E-state index in [4.69, 9.17) is 18.0 Å².